The van der Waals surface area contributed by atoms with Crippen LogP contribution in [0.15, 0.2) is 12.1 Å². The second-order valence-corrected chi connectivity index (χ2v) is 4.13. The van der Waals surface area contributed by atoms with Crippen LogP contribution in [0.2, 0.25) is 0 Å². The molecule has 0 saturated heterocycles. The largest absolute Gasteiger partial charge is 0.349 e. The smallest absolute Gasteiger partial charge is 0.252 e. The zero-order valence-corrected chi connectivity index (χ0v) is 8.85. The van der Waals surface area contributed by atoms with Gasteiger partial charge in [0.2, 0.25) is 0 Å². The average molecular weight is 189 g/mol. The topological polar surface area (TPSA) is 29.1 Å². The molecule has 0 spiro atoms. The Morgan fingerprint density at radius 2 is 1.93 bits per heavy atom. The predicted octanol–water partition coefficient (Wildman–Crippen LogP) is 1.98. The van der Waals surface area contributed by atoms with Gasteiger partial charge in [-0.2, -0.15) is 0 Å². The van der Waals surface area contributed by atoms with E-state index in [0.717, 1.165) is 17.5 Å². The first-order valence-electron chi connectivity index (χ1n) is 4.99. The Labute approximate surface area is 84.3 Å². The van der Waals surface area contributed by atoms with Crippen LogP contribution in [0.3, 0.4) is 0 Å². The predicted molar refractivity (Wildman–Crippen MR) is 56.5 cm³/mol. The molecule has 0 aliphatic carbocycles. The van der Waals surface area contributed by atoms with Crippen LogP contribution < -0.4 is 5.32 Å². The van der Waals surface area contributed by atoms with Crippen molar-refractivity contribution in [2.24, 2.45) is 0 Å². The van der Waals surface area contributed by atoms with Crippen LogP contribution in [0.4, 0.5) is 0 Å². The Kier molecular flexibility index (Phi) is 2.06. The molecule has 1 N–H and O–H groups in total. The normalized spacial score (nSPS) is 20.2. The van der Waals surface area contributed by atoms with Gasteiger partial charge < -0.3 is 5.32 Å². The number of carbonyl (C=O) groups excluding carboxylic acids is 1. The second-order valence-electron chi connectivity index (χ2n) is 4.13. The minimum Gasteiger partial charge on any atom is -0.349 e. The van der Waals surface area contributed by atoms with E-state index in [0.29, 0.717) is 0 Å². The van der Waals surface area contributed by atoms with Crippen molar-refractivity contribution < 1.29 is 4.79 Å². The first kappa shape index (κ1) is 9.25. The second kappa shape index (κ2) is 3.12. The van der Waals surface area contributed by atoms with E-state index in [2.05, 4.69) is 18.3 Å². The lowest BCUT2D eigenvalue weighted by Crippen LogP contribution is -2.40. The molecular weight excluding hydrogens is 174 g/mol. The van der Waals surface area contributed by atoms with Gasteiger partial charge in [-0.15, -0.1) is 0 Å². The third kappa shape index (κ3) is 1.31. The van der Waals surface area contributed by atoms with Crippen molar-refractivity contribution in [2.45, 2.75) is 33.2 Å². The molecule has 1 aromatic rings. The molecule has 1 aromatic carbocycles. The van der Waals surface area contributed by atoms with Crippen molar-refractivity contribution in [1.82, 2.24) is 5.32 Å². The number of nitrogens with one attached hydrogen (secondary N) is 1. The number of amides is 1. The molecule has 2 heteroatoms. The zero-order chi connectivity index (χ0) is 10.3. The van der Waals surface area contributed by atoms with Crippen molar-refractivity contribution in [1.29, 1.82) is 0 Å². The number of fused-ring (bicyclic) bond motifs is 1. The van der Waals surface area contributed by atoms with Crippen molar-refractivity contribution in [3.63, 3.8) is 0 Å². The molecule has 1 atom stereocenters. The Morgan fingerprint density at radius 3 is 2.64 bits per heavy atom. The summed E-state index contributed by atoms with van der Waals surface area (Å²) < 4.78 is 0. The minimum absolute atomic E-state index is 0.0833. The van der Waals surface area contributed by atoms with E-state index in [4.69, 9.17) is 0 Å². The van der Waals surface area contributed by atoms with E-state index in [1.54, 1.807) is 0 Å². The van der Waals surface area contributed by atoms with Gasteiger partial charge in [-0.05, 0) is 43.9 Å². The van der Waals surface area contributed by atoms with Gasteiger partial charge in [-0.25, -0.2) is 0 Å². The van der Waals surface area contributed by atoms with Crippen LogP contribution in [0.25, 0.3) is 0 Å². The van der Waals surface area contributed by atoms with Crippen LogP contribution in [-0.2, 0) is 6.42 Å². The maximum absolute atomic E-state index is 11.8. The SMILES string of the molecule is Cc1ccc(C)c2c1CC(C)NC2=O. The molecule has 0 bridgehead atoms. The molecule has 0 radical (unpaired) electrons. The molecule has 0 aromatic heterocycles. The number of aryl methyl sites for hydroxylation is 2. The maximum atomic E-state index is 11.8. The summed E-state index contributed by atoms with van der Waals surface area (Å²) in [7, 11) is 0. The number of hydrogen-bond acceptors (Lipinski definition) is 1. The van der Waals surface area contributed by atoms with Crippen molar-refractivity contribution >= 4 is 5.91 Å². The Hall–Kier alpha value is -1.31. The lowest BCUT2D eigenvalue weighted by Gasteiger charge is -2.25. The summed E-state index contributed by atoms with van der Waals surface area (Å²) in [6.07, 6.45) is 0.953. The number of hydrogen-bond donors (Lipinski definition) is 1. The Bertz CT molecular complexity index is 396. The first-order chi connectivity index (χ1) is 6.59. The standard InChI is InChI=1S/C12H15NO/c1-7-4-5-8(2)11-10(7)6-9(3)13-12(11)14/h4-5,9H,6H2,1-3H3,(H,13,14). The van der Waals surface area contributed by atoms with Gasteiger partial charge in [0.25, 0.3) is 5.91 Å². The third-order valence-corrected chi connectivity index (χ3v) is 2.87. The van der Waals surface area contributed by atoms with E-state index >= 15 is 0 Å². The van der Waals surface area contributed by atoms with Crippen molar-refractivity contribution in [2.75, 3.05) is 0 Å². The average Bonchev–Trinajstić information content (AvgIpc) is 2.10. The van der Waals surface area contributed by atoms with Crippen molar-refractivity contribution in [3.05, 3.63) is 34.4 Å². The molecule has 1 aliphatic rings. The Morgan fingerprint density at radius 1 is 1.29 bits per heavy atom. The number of carbonyl (C=O) groups is 1. The quantitative estimate of drug-likeness (QED) is 0.664. The molecule has 0 saturated carbocycles. The monoisotopic (exact) mass is 189 g/mol. The summed E-state index contributed by atoms with van der Waals surface area (Å²) in [6, 6.07) is 4.37. The summed E-state index contributed by atoms with van der Waals surface area (Å²) in [5, 5.41) is 2.96. The van der Waals surface area contributed by atoms with Gasteiger partial charge in [0.1, 0.15) is 0 Å². The zero-order valence-electron chi connectivity index (χ0n) is 8.85. The van der Waals surface area contributed by atoms with Gasteiger partial charge in [-0.3, -0.25) is 4.79 Å². The van der Waals surface area contributed by atoms with Crippen LogP contribution in [0, 0.1) is 13.8 Å². The highest BCUT2D eigenvalue weighted by Crippen LogP contribution is 2.23. The summed E-state index contributed by atoms with van der Waals surface area (Å²) in [5.74, 6) is 0.0833. The van der Waals surface area contributed by atoms with Crippen LogP contribution in [0.5, 0.6) is 0 Å². The van der Waals surface area contributed by atoms with E-state index in [1.807, 2.05) is 19.9 Å². The Balaban J connectivity index is 2.63. The molecule has 1 unspecified atom stereocenters. The van der Waals surface area contributed by atoms with Crippen molar-refractivity contribution in [3.8, 4) is 0 Å². The summed E-state index contributed by atoms with van der Waals surface area (Å²) in [4.78, 5) is 11.8. The fourth-order valence-electron chi connectivity index (χ4n) is 2.10. The van der Waals surface area contributed by atoms with Gasteiger partial charge >= 0.3 is 0 Å². The lowest BCUT2D eigenvalue weighted by molar-refractivity contribution is 0.0928. The summed E-state index contributed by atoms with van der Waals surface area (Å²) in [6.45, 7) is 6.11. The summed E-state index contributed by atoms with van der Waals surface area (Å²) in [5.41, 5.74) is 4.42. The van der Waals surface area contributed by atoms with E-state index in [9.17, 15) is 4.79 Å². The van der Waals surface area contributed by atoms with Crippen LogP contribution in [-0.4, -0.2) is 11.9 Å². The first-order valence-corrected chi connectivity index (χ1v) is 4.99. The molecule has 14 heavy (non-hydrogen) atoms. The molecule has 74 valence electrons. The molecule has 1 aliphatic heterocycles. The highest BCUT2D eigenvalue weighted by atomic mass is 16.1. The maximum Gasteiger partial charge on any atom is 0.252 e. The van der Waals surface area contributed by atoms with E-state index < -0.39 is 0 Å². The lowest BCUT2D eigenvalue weighted by atomic mass is 9.89. The molecule has 0 fully saturated rings. The molecule has 2 nitrogen and oxygen atoms in total. The fourth-order valence-corrected chi connectivity index (χ4v) is 2.10. The van der Waals surface area contributed by atoms with E-state index in [1.165, 1.54) is 11.1 Å². The molecule has 2 rings (SSSR count). The fraction of sp³-hybridized carbons (Fsp3) is 0.417. The van der Waals surface area contributed by atoms with Gasteiger partial charge in [-0.1, -0.05) is 12.1 Å². The molecule has 1 heterocycles. The minimum atomic E-state index is 0.0833. The number of rotatable bonds is 0. The highest BCUT2D eigenvalue weighted by molar-refractivity contribution is 5.98. The summed E-state index contributed by atoms with van der Waals surface area (Å²) >= 11 is 0. The number of benzene rings is 1. The van der Waals surface area contributed by atoms with Gasteiger partial charge in [0, 0.05) is 11.6 Å². The highest BCUT2D eigenvalue weighted by Gasteiger charge is 2.23. The van der Waals surface area contributed by atoms with Gasteiger partial charge in [0.05, 0.1) is 0 Å². The van der Waals surface area contributed by atoms with Crippen LogP contribution in [0.1, 0.15) is 34.0 Å². The van der Waals surface area contributed by atoms with Crippen LogP contribution >= 0.6 is 0 Å². The third-order valence-electron chi connectivity index (χ3n) is 2.87. The van der Waals surface area contributed by atoms with E-state index in [-0.39, 0.29) is 11.9 Å². The van der Waals surface area contributed by atoms with Gasteiger partial charge in [0.15, 0.2) is 0 Å². The molecular formula is C12H15NO. The molecule has 1 amide bonds.